The maximum absolute atomic E-state index is 14.0. The van der Waals surface area contributed by atoms with E-state index in [1.165, 1.54) is 10.6 Å². The summed E-state index contributed by atoms with van der Waals surface area (Å²) in [6, 6.07) is 10.4. The van der Waals surface area contributed by atoms with Gasteiger partial charge in [-0.1, -0.05) is 12.1 Å². The van der Waals surface area contributed by atoms with Crippen LogP contribution in [0.2, 0.25) is 0 Å². The monoisotopic (exact) mass is 423 g/mol. The minimum absolute atomic E-state index is 0.175. The highest BCUT2D eigenvalue weighted by Crippen LogP contribution is 2.20. The van der Waals surface area contributed by atoms with E-state index in [0.29, 0.717) is 35.5 Å². The van der Waals surface area contributed by atoms with Crippen molar-refractivity contribution < 1.29 is 8.81 Å². The highest BCUT2D eigenvalue weighted by molar-refractivity contribution is 5.52. The summed E-state index contributed by atoms with van der Waals surface area (Å²) in [7, 11) is 0. The van der Waals surface area contributed by atoms with Crippen LogP contribution in [-0.4, -0.2) is 68.7 Å². The fourth-order valence-corrected chi connectivity index (χ4v) is 3.64. The van der Waals surface area contributed by atoms with Gasteiger partial charge in [-0.15, -0.1) is 5.10 Å². The van der Waals surface area contributed by atoms with Gasteiger partial charge < -0.3 is 20.4 Å². The average Bonchev–Trinajstić information content (AvgIpc) is 3.45. The largest absolute Gasteiger partial charge is 0.461 e. The van der Waals surface area contributed by atoms with E-state index in [4.69, 9.17) is 10.2 Å². The Bertz CT molecular complexity index is 1170. The van der Waals surface area contributed by atoms with Gasteiger partial charge in [-0.05, 0) is 24.3 Å². The summed E-state index contributed by atoms with van der Waals surface area (Å²) in [5, 5.41) is 7.48. The number of aromatic nitrogens is 5. The van der Waals surface area contributed by atoms with E-state index in [9.17, 15) is 4.39 Å². The van der Waals surface area contributed by atoms with E-state index in [-0.39, 0.29) is 11.8 Å². The third-order valence-electron chi connectivity index (χ3n) is 5.25. The Morgan fingerprint density at radius 1 is 1.03 bits per heavy atom. The number of hydrogen-bond donors (Lipinski definition) is 2. The van der Waals surface area contributed by atoms with Gasteiger partial charge in [0.15, 0.2) is 5.76 Å². The Balaban J connectivity index is 1.17. The van der Waals surface area contributed by atoms with E-state index in [1.807, 2.05) is 12.1 Å². The Hall–Kier alpha value is -3.73. The molecular weight excluding hydrogens is 401 g/mol. The van der Waals surface area contributed by atoms with Gasteiger partial charge in [-0.2, -0.15) is 19.5 Å². The SMILES string of the molecule is Nc1nc(NCCN2CCN(c3ccccc3F)CC2)nc2nc(-c3ccco3)nn12. The van der Waals surface area contributed by atoms with Gasteiger partial charge >= 0.3 is 0 Å². The number of hydrogen-bond acceptors (Lipinski definition) is 9. The summed E-state index contributed by atoms with van der Waals surface area (Å²) in [6.07, 6.45) is 1.55. The van der Waals surface area contributed by atoms with E-state index in [1.54, 1.807) is 24.5 Å². The number of anilines is 3. The molecule has 0 spiro atoms. The van der Waals surface area contributed by atoms with Crippen LogP contribution in [0.15, 0.2) is 47.1 Å². The molecule has 4 heterocycles. The molecule has 11 heteroatoms. The molecule has 1 fully saturated rings. The summed E-state index contributed by atoms with van der Waals surface area (Å²) < 4.78 is 20.7. The first kappa shape index (κ1) is 19.2. The van der Waals surface area contributed by atoms with Gasteiger partial charge in [0.25, 0.3) is 5.78 Å². The lowest BCUT2D eigenvalue weighted by molar-refractivity contribution is 0.266. The standard InChI is InChI=1S/C20H22FN9O/c21-14-4-1-2-5-15(14)29-11-9-28(10-12-29)8-7-23-19-25-18(22)30-20(26-19)24-17(27-30)16-6-3-13-31-16/h1-6,13H,7-12H2,(H3,22,23,24,25,26,27). The molecule has 160 valence electrons. The summed E-state index contributed by atoms with van der Waals surface area (Å²) in [6.45, 7) is 4.74. The first-order valence-corrected chi connectivity index (χ1v) is 10.1. The van der Waals surface area contributed by atoms with Gasteiger partial charge in [-0.25, -0.2) is 4.39 Å². The van der Waals surface area contributed by atoms with Crippen molar-refractivity contribution in [2.24, 2.45) is 0 Å². The molecule has 0 aliphatic carbocycles. The van der Waals surface area contributed by atoms with E-state index >= 15 is 0 Å². The fourth-order valence-electron chi connectivity index (χ4n) is 3.64. The number of rotatable bonds is 6. The molecule has 4 aromatic rings. The van der Waals surface area contributed by atoms with Crippen molar-refractivity contribution in [2.45, 2.75) is 0 Å². The van der Waals surface area contributed by atoms with Gasteiger partial charge in [-0.3, -0.25) is 4.90 Å². The Kier molecular flexibility index (Phi) is 5.08. The first-order chi connectivity index (χ1) is 15.2. The van der Waals surface area contributed by atoms with Gasteiger partial charge in [0.2, 0.25) is 17.7 Å². The predicted octanol–water partition coefficient (Wildman–Crippen LogP) is 1.73. The van der Waals surface area contributed by atoms with Crippen molar-refractivity contribution in [1.29, 1.82) is 0 Å². The van der Waals surface area contributed by atoms with Crippen LogP contribution in [-0.2, 0) is 0 Å². The second-order valence-corrected chi connectivity index (χ2v) is 7.24. The Morgan fingerprint density at radius 3 is 2.65 bits per heavy atom. The van der Waals surface area contributed by atoms with Crippen molar-refractivity contribution in [3.8, 4) is 11.6 Å². The third kappa shape index (κ3) is 3.99. The van der Waals surface area contributed by atoms with Gasteiger partial charge in [0.05, 0.1) is 12.0 Å². The number of nitrogens with one attached hydrogen (secondary N) is 1. The predicted molar refractivity (Wildman–Crippen MR) is 114 cm³/mol. The second-order valence-electron chi connectivity index (χ2n) is 7.24. The highest BCUT2D eigenvalue weighted by atomic mass is 19.1. The highest BCUT2D eigenvalue weighted by Gasteiger charge is 2.19. The molecule has 0 bridgehead atoms. The van der Waals surface area contributed by atoms with Crippen LogP contribution in [0.3, 0.4) is 0 Å². The van der Waals surface area contributed by atoms with Crippen molar-refractivity contribution in [3.05, 3.63) is 48.5 Å². The van der Waals surface area contributed by atoms with Gasteiger partial charge in [0, 0.05) is 39.3 Å². The fraction of sp³-hybridized carbons (Fsp3) is 0.300. The first-order valence-electron chi connectivity index (χ1n) is 10.1. The number of fused-ring (bicyclic) bond motifs is 1. The van der Waals surface area contributed by atoms with Gasteiger partial charge in [0.1, 0.15) is 5.82 Å². The quantitative estimate of drug-likeness (QED) is 0.479. The third-order valence-corrected chi connectivity index (χ3v) is 5.25. The number of furan rings is 1. The van der Waals surface area contributed by atoms with Crippen LogP contribution in [0, 0.1) is 5.82 Å². The zero-order valence-electron chi connectivity index (χ0n) is 16.8. The molecular formula is C20H22FN9O. The van der Waals surface area contributed by atoms with Crippen molar-refractivity contribution >= 4 is 23.4 Å². The summed E-state index contributed by atoms with van der Waals surface area (Å²) in [4.78, 5) is 17.4. The average molecular weight is 423 g/mol. The maximum Gasteiger partial charge on any atom is 0.259 e. The molecule has 0 radical (unpaired) electrons. The molecule has 3 aromatic heterocycles. The molecule has 5 rings (SSSR count). The Morgan fingerprint density at radius 2 is 1.87 bits per heavy atom. The number of para-hydroxylation sites is 1. The minimum Gasteiger partial charge on any atom is -0.461 e. The van der Waals surface area contributed by atoms with Crippen molar-refractivity contribution in [3.63, 3.8) is 0 Å². The molecule has 1 aromatic carbocycles. The molecule has 0 amide bonds. The zero-order chi connectivity index (χ0) is 21.2. The van der Waals surface area contributed by atoms with Crippen LogP contribution < -0.4 is 16.0 Å². The number of nitrogens with zero attached hydrogens (tertiary/aromatic N) is 7. The summed E-state index contributed by atoms with van der Waals surface area (Å²) in [5.74, 6) is 1.70. The second kappa shape index (κ2) is 8.19. The lowest BCUT2D eigenvalue weighted by Crippen LogP contribution is -2.47. The maximum atomic E-state index is 14.0. The number of halogens is 1. The van der Waals surface area contributed by atoms with Crippen LogP contribution in [0.5, 0.6) is 0 Å². The topological polar surface area (TPSA) is 114 Å². The molecule has 31 heavy (non-hydrogen) atoms. The smallest absolute Gasteiger partial charge is 0.259 e. The lowest BCUT2D eigenvalue weighted by Gasteiger charge is -2.36. The Labute approximate surface area is 177 Å². The normalized spacial score (nSPS) is 14.9. The van der Waals surface area contributed by atoms with Crippen molar-refractivity contribution in [1.82, 2.24) is 29.5 Å². The van der Waals surface area contributed by atoms with Crippen LogP contribution in [0.4, 0.5) is 22.0 Å². The van der Waals surface area contributed by atoms with Crippen LogP contribution in [0.25, 0.3) is 17.4 Å². The van der Waals surface area contributed by atoms with Crippen molar-refractivity contribution in [2.75, 3.05) is 55.2 Å². The van der Waals surface area contributed by atoms with Crippen LogP contribution in [0.1, 0.15) is 0 Å². The molecule has 1 saturated heterocycles. The summed E-state index contributed by atoms with van der Waals surface area (Å²) in [5.41, 5.74) is 6.68. The van der Waals surface area contributed by atoms with Crippen LogP contribution >= 0.6 is 0 Å². The van der Waals surface area contributed by atoms with E-state index in [0.717, 1.165) is 32.7 Å². The number of benzene rings is 1. The molecule has 3 N–H and O–H groups in total. The van der Waals surface area contributed by atoms with E-state index in [2.05, 4.69) is 35.2 Å². The molecule has 0 unspecified atom stereocenters. The minimum atomic E-state index is -0.175. The lowest BCUT2D eigenvalue weighted by atomic mass is 10.2. The molecule has 1 aliphatic rings. The molecule has 0 atom stereocenters. The number of nitrogen functional groups attached to an aromatic ring is 1. The summed E-state index contributed by atoms with van der Waals surface area (Å²) >= 11 is 0. The molecule has 0 saturated carbocycles. The number of piperazine rings is 1. The molecule has 1 aliphatic heterocycles. The molecule has 10 nitrogen and oxygen atoms in total. The van der Waals surface area contributed by atoms with E-state index < -0.39 is 0 Å². The number of nitrogens with two attached hydrogens (primary N) is 1. The zero-order valence-corrected chi connectivity index (χ0v) is 16.8.